The molecule has 0 aliphatic heterocycles. The summed E-state index contributed by atoms with van der Waals surface area (Å²) in [4.78, 5) is 44.8. The van der Waals surface area contributed by atoms with Crippen LogP contribution in [-0.2, 0) is 11.3 Å². The molecule has 0 saturated heterocycles. The van der Waals surface area contributed by atoms with Crippen molar-refractivity contribution in [3.8, 4) is 0 Å². The monoisotopic (exact) mass is 398 g/mol. The second-order valence-electron chi connectivity index (χ2n) is 7.79. The zero-order chi connectivity index (χ0) is 20.7. The molecular formula is C20H24N5O4+. The minimum absolute atomic E-state index is 0.155. The van der Waals surface area contributed by atoms with Crippen molar-refractivity contribution in [1.82, 2.24) is 20.3 Å². The van der Waals surface area contributed by atoms with Gasteiger partial charge in [-0.25, -0.2) is 14.3 Å². The lowest BCUT2D eigenvalue weighted by molar-refractivity contribution is -0.645. The summed E-state index contributed by atoms with van der Waals surface area (Å²) in [6.07, 6.45) is 2.13. The van der Waals surface area contributed by atoms with E-state index >= 15 is 0 Å². The van der Waals surface area contributed by atoms with Crippen LogP contribution < -0.4 is 21.1 Å². The van der Waals surface area contributed by atoms with Gasteiger partial charge in [0, 0.05) is 12.6 Å². The summed E-state index contributed by atoms with van der Waals surface area (Å²) in [5.41, 5.74) is 3.15. The number of fused-ring (bicyclic) bond motifs is 2. The highest BCUT2D eigenvalue weighted by Crippen LogP contribution is 2.25. The lowest BCUT2D eigenvalue weighted by atomic mass is 10.1. The van der Waals surface area contributed by atoms with Crippen LogP contribution in [0.15, 0.2) is 21.7 Å². The highest BCUT2D eigenvalue weighted by molar-refractivity contribution is 5.80. The minimum atomic E-state index is -0.738. The average Bonchev–Trinajstić information content (AvgIpc) is 3.13. The number of carboxylic acids is 1. The van der Waals surface area contributed by atoms with Crippen LogP contribution in [0.25, 0.3) is 22.2 Å². The molecule has 4 rings (SSSR count). The first-order chi connectivity index (χ1) is 13.8. The van der Waals surface area contributed by atoms with E-state index in [0.717, 1.165) is 23.1 Å². The predicted molar refractivity (Wildman–Crippen MR) is 107 cm³/mol. The SMILES string of the molecule is Cc1cc2nc3c(=O)[nH]c(=O)[nH]c3[n+](CCN[C@H]3CC[C@@H](C(=O)O)C3)c2cc1C. The molecule has 152 valence electrons. The molecule has 9 heteroatoms. The lowest BCUT2D eigenvalue weighted by Gasteiger charge is -2.13. The van der Waals surface area contributed by atoms with Gasteiger partial charge in [0.1, 0.15) is 12.1 Å². The van der Waals surface area contributed by atoms with Crippen LogP contribution in [0.5, 0.6) is 0 Å². The number of H-pyrrole nitrogens is 2. The van der Waals surface area contributed by atoms with Gasteiger partial charge in [-0.1, -0.05) is 0 Å². The van der Waals surface area contributed by atoms with E-state index in [1.807, 2.05) is 30.5 Å². The average molecular weight is 398 g/mol. The Morgan fingerprint density at radius 2 is 2.00 bits per heavy atom. The number of hydrogen-bond acceptors (Lipinski definition) is 5. The summed E-state index contributed by atoms with van der Waals surface area (Å²) in [6.45, 7) is 5.08. The van der Waals surface area contributed by atoms with Crippen LogP contribution in [0.1, 0.15) is 30.4 Å². The molecule has 0 radical (unpaired) electrons. The van der Waals surface area contributed by atoms with Gasteiger partial charge in [-0.2, -0.15) is 4.98 Å². The third kappa shape index (κ3) is 3.65. The summed E-state index contributed by atoms with van der Waals surface area (Å²) in [6, 6.07) is 4.10. The van der Waals surface area contributed by atoms with Crippen molar-refractivity contribution in [3.05, 3.63) is 44.1 Å². The number of aryl methyl sites for hydroxylation is 2. The normalized spacial score (nSPS) is 19.2. The maximum absolute atomic E-state index is 12.3. The zero-order valence-electron chi connectivity index (χ0n) is 16.4. The van der Waals surface area contributed by atoms with E-state index in [9.17, 15) is 14.4 Å². The first kappa shape index (κ1) is 19.3. The number of rotatable bonds is 5. The van der Waals surface area contributed by atoms with Crippen molar-refractivity contribution in [2.75, 3.05) is 6.54 Å². The molecule has 0 amide bonds. The summed E-state index contributed by atoms with van der Waals surface area (Å²) < 4.78 is 1.90. The molecule has 0 unspecified atom stereocenters. The van der Waals surface area contributed by atoms with Crippen LogP contribution in [0, 0.1) is 19.8 Å². The fourth-order valence-electron chi connectivity index (χ4n) is 4.10. The molecule has 2 heterocycles. The van der Waals surface area contributed by atoms with E-state index in [0.29, 0.717) is 37.1 Å². The van der Waals surface area contributed by atoms with Crippen molar-refractivity contribution >= 4 is 28.2 Å². The van der Waals surface area contributed by atoms with Crippen LogP contribution in [-0.4, -0.2) is 38.6 Å². The maximum atomic E-state index is 12.3. The Bertz CT molecular complexity index is 1230. The summed E-state index contributed by atoms with van der Waals surface area (Å²) >= 11 is 0. The third-order valence-electron chi connectivity index (χ3n) is 5.83. The fourth-order valence-corrected chi connectivity index (χ4v) is 4.10. The predicted octanol–water partition coefficient (Wildman–Crippen LogP) is 0.512. The van der Waals surface area contributed by atoms with Gasteiger partial charge < -0.3 is 10.4 Å². The second kappa shape index (κ2) is 7.40. The minimum Gasteiger partial charge on any atom is -0.481 e. The Kier molecular flexibility index (Phi) is 4.91. The van der Waals surface area contributed by atoms with E-state index < -0.39 is 17.2 Å². The smallest absolute Gasteiger partial charge is 0.413 e. The number of aliphatic carboxylic acids is 1. The fraction of sp³-hybridized carbons (Fsp3) is 0.450. The van der Waals surface area contributed by atoms with Crippen molar-refractivity contribution in [3.63, 3.8) is 0 Å². The van der Waals surface area contributed by atoms with Gasteiger partial charge in [-0.05, 0) is 56.4 Å². The van der Waals surface area contributed by atoms with Gasteiger partial charge >= 0.3 is 17.3 Å². The highest BCUT2D eigenvalue weighted by Gasteiger charge is 2.29. The summed E-state index contributed by atoms with van der Waals surface area (Å²) in [7, 11) is 0. The molecule has 1 aromatic carbocycles. The Labute approximate surface area is 165 Å². The van der Waals surface area contributed by atoms with Crippen molar-refractivity contribution in [2.45, 2.75) is 45.7 Å². The van der Waals surface area contributed by atoms with Crippen molar-refractivity contribution < 1.29 is 14.5 Å². The number of hydrogen-bond donors (Lipinski definition) is 4. The lowest BCUT2D eigenvalue weighted by Crippen LogP contribution is -2.45. The van der Waals surface area contributed by atoms with Gasteiger partial charge in [-0.3, -0.25) is 14.6 Å². The first-order valence-corrected chi connectivity index (χ1v) is 9.77. The van der Waals surface area contributed by atoms with Crippen LogP contribution >= 0.6 is 0 Å². The number of benzene rings is 1. The molecular weight excluding hydrogens is 374 g/mol. The molecule has 0 bridgehead atoms. The maximum Gasteiger partial charge on any atom is 0.413 e. The van der Waals surface area contributed by atoms with Crippen LogP contribution in [0.3, 0.4) is 0 Å². The molecule has 4 N–H and O–H groups in total. The number of carbonyl (C=O) groups is 1. The summed E-state index contributed by atoms with van der Waals surface area (Å²) in [5, 5.41) is 12.6. The molecule has 2 aromatic heterocycles. The van der Waals surface area contributed by atoms with E-state index in [4.69, 9.17) is 5.11 Å². The van der Waals surface area contributed by atoms with Crippen LogP contribution in [0.2, 0.25) is 0 Å². The second-order valence-corrected chi connectivity index (χ2v) is 7.79. The summed E-state index contributed by atoms with van der Waals surface area (Å²) in [5.74, 6) is -1.03. The standard InChI is InChI=1S/C20H23N5O4/c1-10-7-14-15(8-11(10)2)25(17-16(22-14)18(26)24-20(29)23-17)6-5-21-13-4-3-12(9-13)19(27)28/h7-8,12-13,21H,3-6,9H2,1-2H3,(H2,24,26,27,28,29)/p+1/t12-,13+/m1/s1. The Balaban J connectivity index is 1.71. The molecule has 2 atom stereocenters. The van der Waals surface area contributed by atoms with E-state index in [2.05, 4.69) is 20.3 Å². The molecule has 29 heavy (non-hydrogen) atoms. The van der Waals surface area contributed by atoms with E-state index in [1.165, 1.54) is 0 Å². The molecule has 1 aliphatic carbocycles. The topological polar surface area (TPSA) is 132 Å². The number of aromatic nitrogens is 4. The van der Waals surface area contributed by atoms with E-state index in [1.54, 1.807) is 0 Å². The van der Waals surface area contributed by atoms with Crippen molar-refractivity contribution in [2.24, 2.45) is 5.92 Å². The number of nitrogens with zero attached hydrogens (tertiary/aromatic N) is 2. The zero-order valence-corrected chi connectivity index (χ0v) is 16.4. The molecule has 0 spiro atoms. The molecule has 9 nitrogen and oxygen atoms in total. The Morgan fingerprint density at radius 1 is 1.24 bits per heavy atom. The first-order valence-electron chi connectivity index (χ1n) is 9.77. The number of carboxylic acid groups (broad SMARTS) is 1. The Morgan fingerprint density at radius 3 is 2.72 bits per heavy atom. The van der Waals surface area contributed by atoms with E-state index in [-0.39, 0.29) is 17.5 Å². The van der Waals surface area contributed by atoms with Gasteiger partial charge in [0.15, 0.2) is 5.52 Å². The number of nitrogens with one attached hydrogen (secondary N) is 3. The highest BCUT2D eigenvalue weighted by atomic mass is 16.4. The van der Waals surface area contributed by atoms with Crippen LogP contribution in [0.4, 0.5) is 0 Å². The van der Waals surface area contributed by atoms with Crippen molar-refractivity contribution in [1.29, 1.82) is 0 Å². The molecule has 1 aliphatic rings. The third-order valence-corrected chi connectivity index (χ3v) is 5.83. The van der Waals surface area contributed by atoms with Gasteiger partial charge in [0.25, 0.3) is 5.56 Å². The quantitative estimate of drug-likeness (QED) is 0.366. The van der Waals surface area contributed by atoms with Gasteiger partial charge in [0.2, 0.25) is 5.52 Å². The number of aromatic amines is 2. The Hall–Kier alpha value is -3.07. The molecule has 1 fully saturated rings. The van der Waals surface area contributed by atoms with Gasteiger partial charge in [-0.15, -0.1) is 0 Å². The largest absolute Gasteiger partial charge is 0.481 e. The molecule has 1 saturated carbocycles. The van der Waals surface area contributed by atoms with Gasteiger partial charge in [0.05, 0.1) is 5.92 Å². The molecule has 3 aromatic rings.